The number of amides is 2. The van der Waals surface area contributed by atoms with Crippen LogP contribution in [0.5, 0.6) is 5.75 Å². The van der Waals surface area contributed by atoms with Crippen molar-refractivity contribution in [3.63, 3.8) is 0 Å². The second-order valence-corrected chi connectivity index (χ2v) is 6.66. The van der Waals surface area contributed by atoms with Crippen molar-refractivity contribution < 1.29 is 14.3 Å². The van der Waals surface area contributed by atoms with Gasteiger partial charge in [0.2, 0.25) is 5.91 Å². The summed E-state index contributed by atoms with van der Waals surface area (Å²) in [7, 11) is 0. The van der Waals surface area contributed by atoms with Crippen molar-refractivity contribution in [2.45, 2.75) is 13.5 Å². The lowest BCUT2D eigenvalue weighted by molar-refractivity contribution is -0.135. The Bertz CT molecular complexity index is 808. The van der Waals surface area contributed by atoms with Gasteiger partial charge in [0.15, 0.2) is 0 Å². The topological polar surface area (TPSA) is 75.9 Å². The highest BCUT2D eigenvalue weighted by Crippen LogP contribution is 2.23. The first-order chi connectivity index (χ1) is 13.1. The van der Waals surface area contributed by atoms with Crippen molar-refractivity contribution >= 4 is 11.8 Å². The number of ether oxygens (including phenoxy) is 1. The molecule has 0 unspecified atom stereocenters. The molecule has 0 radical (unpaired) electrons. The van der Waals surface area contributed by atoms with E-state index in [1.165, 1.54) is 0 Å². The molecule has 142 valence electrons. The van der Waals surface area contributed by atoms with Crippen molar-refractivity contribution in [1.82, 2.24) is 9.80 Å². The maximum absolute atomic E-state index is 13.0. The summed E-state index contributed by atoms with van der Waals surface area (Å²) in [6.07, 6.45) is 0. The van der Waals surface area contributed by atoms with E-state index in [1.807, 2.05) is 43.3 Å². The molecule has 0 aromatic heterocycles. The molecule has 1 aliphatic heterocycles. The molecule has 0 atom stereocenters. The van der Waals surface area contributed by atoms with E-state index in [2.05, 4.69) is 0 Å². The Morgan fingerprint density at radius 2 is 1.93 bits per heavy atom. The summed E-state index contributed by atoms with van der Waals surface area (Å²) < 4.78 is 5.61. The Hall–Kier alpha value is -2.86. The zero-order valence-corrected chi connectivity index (χ0v) is 15.6. The van der Waals surface area contributed by atoms with Gasteiger partial charge >= 0.3 is 0 Å². The quantitative estimate of drug-likeness (QED) is 0.845. The summed E-state index contributed by atoms with van der Waals surface area (Å²) in [6.45, 7) is 4.30. The first-order valence-electron chi connectivity index (χ1n) is 9.13. The third kappa shape index (κ3) is 4.65. The van der Waals surface area contributed by atoms with Crippen LogP contribution in [-0.4, -0.2) is 54.4 Å². The molecule has 6 heteroatoms. The van der Waals surface area contributed by atoms with Crippen molar-refractivity contribution in [3.05, 3.63) is 65.2 Å². The summed E-state index contributed by atoms with van der Waals surface area (Å²) in [5.74, 6) is 0.282. The van der Waals surface area contributed by atoms with Gasteiger partial charge in [-0.05, 0) is 24.6 Å². The van der Waals surface area contributed by atoms with Crippen LogP contribution in [0.25, 0.3) is 0 Å². The Balaban J connectivity index is 1.69. The molecule has 2 aromatic carbocycles. The van der Waals surface area contributed by atoms with Gasteiger partial charge in [-0.1, -0.05) is 42.0 Å². The second kappa shape index (κ2) is 8.68. The van der Waals surface area contributed by atoms with Gasteiger partial charge in [-0.3, -0.25) is 9.59 Å². The van der Waals surface area contributed by atoms with Gasteiger partial charge in [-0.15, -0.1) is 0 Å². The van der Waals surface area contributed by atoms with E-state index < -0.39 is 0 Å². The normalized spacial score (nSPS) is 14.4. The second-order valence-electron chi connectivity index (χ2n) is 6.66. The molecule has 0 bridgehead atoms. The minimum absolute atomic E-state index is 0.0458. The summed E-state index contributed by atoms with van der Waals surface area (Å²) >= 11 is 0. The van der Waals surface area contributed by atoms with E-state index in [1.54, 1.807) is 21.9 Å². The first kappa shape index (κ1) is 18.9. The number of rotatable bonds is 6. The van der Waals surface area contributed by atoms with E-state index >= 15 is 0 Å². The number of carbonyl (C=O) groups is 2. The van der Waals surface area contributed by atoms with Crippen LogP contribution >= 0.6 is 0 Å². The third-order valence-corrected chi connectivity index (χ3v) is 4.56. The maximum atomic E-state index is 13.0. The fourth-order valence-electron chi connectivity index (χ4n) is 3.13. The molecule has 1 aliphatic rings. The number of carbonyl (C=O) groups excluding carboxylic acids is 2. The summed E-state index contributed by atoms with van der Waals surface area (Å²) in [5, 5.41) is 0. The van der Waals surface area contributed by atoms with E-state index in [9.17, 15) is 9.59 Å². The first-order valence-corrected chi connectivity index (χ1v) is 9.13. The molecule has 1 saturated heterocycles. The lowest BCUT2D eigenvalue weighted by atomic mass is 10.1. The average molecular weight is 367 g/mol. The molecule has 6 nitrogen and oxygen atoms in total. The molecule has 1 fully saturated rings. The summed E-state index contributed by atoms with van der Waals surface area (Å²) in [5.41, 5.74) is 8.03. The van der Waals surface area contributed by atoms with Crippen LogP contribution in [-0.2, 0) is 11.3 Å². The van der Waals surface area contributed by atoms with E-state index in [0.29, 0.717) is 44.1 Å². The van der Waals surface area contributed by atoms with Crippen LogP contribution in [0.4, 0.5) is 0 Å². The predicted octanol–water partition coefficient (Wildman–Crippen LogP) is 1.82. The highest BCUT2D eigenvalue weighted by atomic mass is 16.5. The number of hydrogen-bond acceptors (Lipinski definition) is 4. The Morgan fingerprint density at radius 3 is 2.63 bits per heavy atom. The molecule has 2 aromatic rings. The predicted molar refractivity (Wildman–Crippen MR) is 103 cm³/mol. The van der Waals surface area contributed by atoms with Crippen LogP contribution in [0.1, 0.15) is 21.5 Å². The Kier molecular flexibility index (Phi) is 6.08. The zero-order valence-electron chi connectivity index (χ0n) is 15.6. The average Bonchev–Trinajstić information content (AvgIpc) is 2.69. The molecular weight excluding hydrogens is 342 g/mol. The van der Waals surface area contributed by atoms with Crippen molar-refractivity contribution in [1.29, 1.82) is 0 Å². The number of hydrogen-bond donors (Lipinski definition) is 1. The lowest BCUT2D eigenvalue weighted by Crippen LogP contribution is -2.51. The molecule has 3 rings (SSSR count). The maximum Gasteiger partial charge on any atom is 0.258 e. The van der Waals surface area contributed by atoms with Crippen LogP contribution in [0.2, 0.25) is 0 Å². The van der Waals surface area contributed by atoms with Gasteiger partial charge in [0, 0.05) is 26.2 Å². The SMILES string of the molecule is Cc1ccc(OCCN)c(C(=O)N2CCN(Cc3ccccc3)C(=O)C2)c1. The van der Waals surface area contributed by atoms with Crippen LogP contribution in [0, 0.1) is 6.92 Å². The largest absolute Gasteiger partial charge is 0.491 e. The highest BCUT2D eigenvalue weighted by molar-refractivity contribution is 5.99. The summed E-state index contributed by atoms with van der Waals surface area (Å²) in [4.78, 5) is 28.9. The monoisotopic (exact) mass is 367 g/mol. The van der Waals surface area contributed by atoms with E-state index in [-0.39, 0.29) is 18.4 Å². The lowest BCUT2D eigenvalue weighted by Gasteiger charge is -2.34. The Morgan fingerprint density at radius 1 is 1.15 bits per heavy atom. The third-order valence-electron chi connectivity index (χ3n) is 4.56. The highest BCUT2D eigenvalue weighted by Gasteiger charge is 2.29. The molecule has 1 heterocycles. The molecule has 27 heavy (non-hydrogen) atoms. The number of aryl methyl sites for hydroxylation is 1. The van der Waals surface area contributed by atoms with Gasteiger partial charge in [-0.2, -0.15) is 0 Å². The minimum atomic E-state index is -0.182. The fraction of sp³-hybridized carbons (Fsp3) is 0.333. The van der Waals surface area contributed by atoms with Gasteiger partial charge in [0.1, 0.15) is 18.9 Å². The number of nitrogens with zero attached hydrogens (tertiary/aromatic N) is 2. The van der Waals surface area contributed by atoms with Crippen LogP contribution in [0.15, 0.2) is 48.5 Å². The molecule has 0 spiro atoms. The smallest absolute Gasteiger partial charge is 0.258 e. The van der Waals surface area contributed by atoms with Crippen molar-refractivity contribution in [2.24, 2.45) is 5.73 Å². The number of nitrogens with two attached hydrogens (primary N) is 1. The number of benzene rings is 2. The van der Waals surface area contributed by atoms with Crippen molar-refractivity contribution in [2.75, 3.05) is 32.8 Å². The molecular formula is C21H25N3O3. The van der Waals surface area contributed by atoms with Gasteiger partial charge < -0.3 is 20.3 Å². The van der Waals surface area contributed by atoms with Gasteiger partial charge in [0.25, 0.3) is 5.91 Å². The van der Waals surface area contributed by atoms with Crippen LogP contribution < -0.4 is 10.5 Å². The minimum Gasteiger partial charge on any atom is -0.491 e. The molecule has 2 amide bonds. The molecule has 2 N–H and O–H groups in total. The van der Waals surface area contributed by atoms with Gasteiger partial charge in [0.05, 0.1) is 5.56 Å². The van der Waals surface area contributed by atoms with Crippen LogP contribution in [0.3, 0.4) is 0 Å². The van der Waals surface area contributed by atoms with E-state index in [4.69, 9.17) is 10.5 Å². The van der Waals surface area contributed by atoms with E-state index in [0.717, 1.165) is 11.1 Å². The van der Waals surface area contributed by atoms with Crippen molar-refractivity contribution in [3.8, 4) is 5.75 Å². The fourth-order valence-corrected chi connectivity index (χ4v) is 3.13. The zero-order chi connectivity index (χ0) is 19.2. The standard InChI is InChI=1S/C21H25N3O3/c1-16-7-8-19(27-12-9-22)18(13-16)21(26)24-11-10-23(20(25)15-24)14-17-5-3-2-4-6-17/h2-8,13H,9-12,14-15,22H2,1H3. The molecule has 0 aliphatic carbocycles. The summed E-state index contributed by atoms with van der Waals surface area (Å²) in [6, 6.07) is 15.3. The Labute approximate surface area is 159 Å². The van der Waals surface area contributed by atoms with Gasteiger partial charge in [-0.25, -0.2) is 0 Å². The number of piperazine rings is 1. The molecule has 0 saturated carbocycles.